The molecule has 0 aliphatic carbocycles. The number of fused-ring (bicyclic) bond motifs is 2. The predicted molar refractivity (Wildman–Crippen MR) is 143 cm³/mol. The number of ether oxygens (including phenoxy) is 2. The summed E-state index contributed by atoms with van der Waals surface area (Å²) in [6.07, 6.45) is -0.712. The third kappa shape index (κ3) is 5.20. The van der Waals surface area contributed by atoms with Crippen LogP contribution in [0.5, 0.6) is 5.75 Å². The molecule has 4 aromatic rings. The number of hydrogen-bond donors (Lipinski definition) is 0. The lowest BCUT2D eigenvalue weighted by Gasteiger charge is -2.26. The van der Waals surface area contributed by atoms with Gasteiger partial charge in [0.15, 0.2) is 11.9 Å². The summed E-state index contributed by atoms with van der Waals surface area (Å²) in [5, 5.41) is 1.98. The molecule has 188 valence electrons. The van der Waals surface area contributed by atoms with Crippen molar-refractivity contribution in [3.05, 3.63) is 108 Å². The third-order valence-corrected chi connectivity index (χ3v) is 7.51. The molecule has 0 radical (unpaired) electrons. The van der Waals surface area contributed by atoms with Crippen molar-refractivity contribution >= 4 is 32.6 Å². The van der Waals surface area contributed by atoms with Crippen LogP contribution in [0.2, 0.25) is 0 Å². The van der Waals surface area contributed by atoms with E-state index in [1.165, 1.54) is 6.07 Å². The van der Waals surface area contributed by atoms with E-state index in [-0.39, 0.29) is 18.0 Å². The number of aryl methyl sites for hydroxylation is 1. The highest BCUT2D eigenvalue weighted by Gasteiger charge is 2.32. The van der Waals surface area contributed by atoms with Crippen LogP contribution in [0.3, 0.4) is 0 Å². The Kier molecular flexibility index (Phi) is 6.67. The van der Waals surface area contributed by atoms with Crippen LogP contribution < -0.4 is 4.74 Å². The summed E-state index contributed by atoms with van der Waals surface area (Å²) in [5.74, 6) is 0.488. The van der Waals surface area contributed by atoms with Gasteiger partial charge in [0.2, 0.25) is 0 Å². The van der Waals surface area contributed by atoms with Gasteiger partial charge in [0.25, 0.3) is 10.0 Å². The fraction of sp³-hybridized carbons (Fsp3) is 0.172. The summed E-state index contributed by atoms with van der Waals surface area (Å²) in [4.78, 5) is 14.8. The Morgan fingerprint density at radius 1 is 0.919 bits per heavy atom. The minimum absolute atomic E-state index is 0.0671. The number of likely N-dealkylation sites (N-methyl/N-ethyl adjacent to an activating group) is 1. The Morgan fingerprint density at radius 2 is 1.62 bits per heavy atom. The van der Waals surface area contributed by atoms with E-state index < -0.39 is 22.1 Å². The maximum atomic E-state index is 13.0. The van der Waals surface area contributed by atoms with E-state index in [1.807, 2.05) is 61.5 Å². The van der Waals surface area contributed by atoms with Crippen molar-refractivity contribution in [1.29, 1.82) is 0 Å². The van der Waals surface area contributed by atoms with Crippen LogP contribution in [0, 0.1) is 6.92 Å². The highest BCUT2D eigenvalue weighted by atomic mass is 32.2. The lowest BCUT2D eigenvalue weighted by molar-refractivity contribution is 0.0132. The van der Waals surface area contributed by atoms with E-state index in [9.17, 15) is 13.2 Å². The molecule has 0 saturated heterocycles. The molecule has 7 nitrogen and oxygen atoms in total. The Bertz CT molecular complexity index is 1590. The first-order chi connectivity index (χ1) is 17.8. The van der Waals surface area contributed by atoms with Crippen molar-refractivity contribution in [3.63, 3.8) is 0 Å². The van der Waals surface area contributed by atoms with Gasteiger partial charge in [-0.25, -0.2) is 4.79 Å². The molecule has 1 heterocycles. The van der Waals surface area contributed by atoms with Gasteiger partial charge < -0.3 is 14.4 Å². The number of benzene rings is 4. The number of carbonyl (C=O) groups is 1. The minimum atomic E-state index is -3.78. The number of hydrogen-bond acceptors (Lipinski definition) is 6. The number of nitrogens with zero attached hydrogens (tertiary/aromatic N) is 2. The van der Waals surface area contributed by atoms with E-state index in [4.69, 9.17) is 9.47 Å². The first-order valence-electron chi connectivity index (χ1n) is 11.9. The zero-order chi connectivity index (χ0) is 26.0. The van der Waals surface area contributed by atoms with Gasteiger partial charge in [0, 0.05) is 18.0 Å². The van der Waals surface area contributed by atoms with E-state index in [1.54, 1.807) is 42.3 Å². The van der Waals surface area contributed by atoms with Crippen LogP contribution in [-0.2, 0) is 14.8 Å². The zero-order valence-electron chi connectivity index (χ0n) is 20.5. The van der Waals surface area contributed by atoms with E-state index >= 15 is 0 Å². The van der Waals surface area contributed by atoms with Crippen molar-refractivity contribution in [2.45, 2.75) is 17.9 Å². The highest BCUT2D eigenvalue weighted by Crippen LogP contribution is 2.28. The molecular weight excluding hydrogens is 488 g/mol. The molecule has 0 bridgehead atoms. The fourth-order valence-corrected chi connectivity index (χ4v) is 5.54. The summed E-state index contributed by atoms with van der Waals surface area (Å²) >= 11 is 0. The number of sulfonamides is 1. The number of carbonyl (C=O) groups excluding carboxylic acids is 1. The molecule has 5 rings (SSSR count). The maximum absolute atomic E-state index is 13.0. The van der Waals surface area contributed by atoms with Gasteiger partial charge in [-0.1, -0.05) is 66.2 Å². The summed E-state index contributed by atoms with van der Waals surface area (Å²) in [5.41, 5.74) is 1.98. The molecule has 0 aromatic heterocycles. The van der Waals surface area contributed by atoms with Crippen LogP contribution in [-0.4, -0.2) is 51.4 Å². The van der Waals surface area contributed by atoms with Gasteiger partial charge in [-0.3, -0.25) is 0 Å². The van der Waals surface area contributed by atoms with Crippen LogP contribution in [0.15, 0.2) is 100 Å². The predicted octanol–water partition coefficient (Wildman–Crippen LogP) is 4.83. The normalized spacial score (nSPS) is 14.5. The first kappa shape index (κ1) is 24.5. The standard InChI is InChI=1S/C29H26N2O5S/c1-20-14-16-22(17-15-20)29(32)36-23(19-35-26-12-7-9-21-8-3-4-10-24(21)26)18-31(2)28-25-11-5-6-13-27(25)37(33,34)30-28/h3-17,23H,18-19H2,1-2H3/t23-/m1/s1. The maximum Gasteiger partial charge on any atom is 0.338 e. The molecular formula is C29H26N2O5S. The zero-order valence-corrected chi connectivity index (χ0v) is 21.3. The molecule has 1 aliphatic rings. The van der Waals surface area contributed by atoms with Crippen LogP contribution in [0.1, 0.15) is 21.5 Å². The van der Waals surface area contributed by atoms with Crippen molar-refractivity contribution in [3.8, 4) is 5.75 Å². The van der Waals surface area contributed by atoms with Crippen LogP contribution in [0.4, 0.5) is 0 Å². The SMILES string of the molecule is Cc1ccc(C(=O)O[C@@H](COc2cccc3ccccc23)CN(C)C2=NS(=O)(=O)c3ccccc32)cc1. The van der Waals surface area contributed by atoms with Gasteiger partial charge in [0.1, 0.15) is 17.3 Å². The largest absolute Gasteiger partial charge is 0.489 e. The average Bonchev–Trinajstić information content (AvgIpc) is 3.18. The first-order valence-corrected chi connectivity index (χ1v) is 13.3. The minimum Gasteiger partial charge on any atom is -0.489 e. The van der Waals surface area contributed by atoms with Gasteiger partial charge in [-0.05, 0) is 42.6 Å². The highest BCUT2D eigenvalue weighted by molar-refractivity contribution is 7.90. The number of rotatable bonds is 7. The van der Waals surface area contributed by atoms with E-state index in [0.29, 0.717) is 22.7 Å². The second kappa shape index (κ2) is 10.1. The average molecular weight is 515 g/mol. The molecule has 1 atom stereocenters. The lowest BCUT2D eigenvalue weighted by Crippen LogP contribution is -2.39. The van der Waals surface area contributed by atoms with Crippen molar-refractivity contribution < 1.29 is 22.7 Å². The number of esters is 1. The molecule has 0 amide bonds. The lowest BCUT2D eigenvalue weighted by atomic mass is 10.1. The third-order valence-electron chi connectivity index (χ3n) is 6.19. The molecule has 8 heteroatoms. The Labute approximate surface area is 216 Å². The van der Waals surface area contributed by atoms with E-state index in [2.05, 4.69) is 4.40 Å². The molecule has 4 aromatic carbocycles. The Hall–Kier alpha value is -4.17. The molecule has 0 unspecified atom stereocenters. The molecule has 0 saturated carbocycles. The number of amidine groups is 1. The van der Waals surface area contributed by atoms with Crippen molar-refractivity contribution in [2.24, 2.45) is 4.40 Å². The molecule has 0 spiro atoms. The smallest absolute Gasteiger partial charge is 0.338 e. The summed E-state index contributed by atoms with van der Waals surface area (Å²) in [7, 11) is -2.05. The molecule has 0 N–H and O–H groups in total. The molecule has 1 aliphatic heterocycles. The van der Waals surface area contributed by atoms with Gasteiger partial charge in [-0.15, -0.1) is 4.40 Å². The fourth-order valence-electron chi connectivity index (χ4n) is 4.29. The second-order valence-corrected chi connectivity index (χ2v) is 10.5. The topological polar surface area (TPSA) is 85.3 Å². The quantitative estimate of drug-likeness (QED) is 0.328. The van der Waals surface area contributed by atoms with Gasteiger partial charge in [-0.2, -0.15) is 8.42 Å². The Balaban J connectivity index is 1.40. The molecule has 37 heavy (non-hydrogen) atoms. The summed E-state index contributed by atoms with van der Waals surface area (Å²) in [6.45, 7) is 2.18. The van der Waals surface area contributed by atoms with Crippen molar-refractivity contribution in [2.75, 3.05) is 20.2 Å². The van der Waals surface area contributed by atoms with Gasteiger partial charge >= 0.3 is 5.97 Å². The summed E-state index contributed by atoms with van der Waals surface area (Å²) in [6, 6.07) is 27.5. The molecule has 0 fully saturated rings. The monoisotopic (exact) mass is 514 g/mol. The Morgan fingerprint density at radius 3 is 2.43 bits per heavy atom. The van der Waals surface area contributed by atoms with Crippen molar-refractivity contribution in [1.82, 2.24) is 4.90 Å². The van der Waals surface area contributed by atoms with Gasteiger partial charge in [0.05, 0.1) is 12.1 Å². The second-order valence-electron chi connectivity index (χ2n) is 8.95. The summed E-state index contributed by atoms with van der Waals surface area (Å²) < 4.78 is 41.1. The van der Waals surface area contributed by atoms with E-state index in [0.717, 1.165) is 16.3 Å². The van der Waals surface area contributed by atoms with Crippen LogP contribution >= 0.6 is 0 Å². The van der Waals surface area contributed by atoms with Crippen LogP contribution in [0.25, 0.3) is 10.8 Å².